The molecule has 0 amide bonds. The third kappa shape index (κ3) is 2.14. The quantitative estimate of drug-likeness (QED) is 0.724. The molecule has 5 heteroatoms. The Balaban J connectivity index is 2.05. The van der Waals surface area contributed by atoms with Gasteiger partial charge in [-0.25, -0.2) is 4.79 Å². The lowest BCUT2D eigenvalue weighted by Crippen LogP contribution is -2.04. The Kier molecular flexibility index (Phi) is 3.36. The number of fused-ring (bicyclic) bond motifs is 1. The van der Waals surface area contributed by atoms with E-state index in [1.165, 1.54) is 0 Å². The first kappa shape index (κ1) is 13.0. The summed E-state index contributed by atoms with van der Waals surface area (Å²) in [6.45, 7) is 2.12. The highest BCUT2D eigenvalue weighted by atomic mass is 79.9. The number of halogens is 1. The number of aromatic nitrogens is 1. The molecule has 1 aromatic carbocycles. The molecule has 0 saturated heterocycles. The number of aromatic amines is 1. The summed E-state index contributed by atoms with van der Waals surface area (Å²) < 4.78 is 11.6. The van der Waals surface area contributed by atoms with Crippen molar-refractivity contribution in [1.29, 1.82) is 0 Å². The molecule has 2 aromatic heterocycles. The number of ether oxygens (including phenoxy) is 1. The van der Waals surface area contributed by atoms with E-state index in [1.807, 2.05) is 30.3 Å². The Bertz CT molecular complexity index is 758. The zero-order valence-electron chi connectivity index (χ0n) is 10.8. The highest BCUT2D eigenvalue weighted by Crippen LogP contribution is 2.37. The van der Waals surface area contributed by atoms with E-state index in [0.29, 0.717) is 17.9 Å². The monoisotopic (exact) mass is 333 g/mol. The van der Waals surface area contributed by atoms with Crippen molar-refractivity contribution < 1.29 is 13.9 Å². The van der Waals surface area contributed by atoms with Gasteiger partial charge in [0.1, 0.15) is 11.2 Å². The Labute approximate surface area is 123 Å². The lowest BCUT2D eigenvalue weighted by Gasteiger charge is -1.99. The summed E-state index contributed by atoms with van der Waals surface area (Å²) in [4.78, 5) is 14.7. The lowest BCUT2D eigenvalue weighted by atomic mass is 10.2. The topological polar surface area (TPSA) is 55.2 Å². The molecule has 102 valence electrons. The number of rotatable bonds is 3. The second-order valence-corrected chi connectivity index (χ2v) is 5.05. The van der Waals surface area contributed by atoms with Crippen LogP contribution in [0.4, 0.5) is 0 Å². The van der Waals surface area contributed by atoms with Gasteiger partial charge in [-0.05, 0) is 22.9 Å². The molecule has 3 rings (SSSR count). The van der Waals surface area contributed by atoms with Crippen molar-refractivity contribution in [3.8, 4) is 11.3 Å². The van der Waals surface area contributed by atoms with Crippen LogP contribution >= 0.6 is 15.9 Å². The van der Waals surface area contributed by atoms with Crippen molar-refractivity contribution in [2.75, 3.05) is 6.61 Å². The fourth-order valence-corrected chi connectivity index (χ4v) is 2.65. The van der Waals surface area contributed by atoms with Gasteiger partial charge in [0.15, 0.2) is 11.3 Å². The van der Waals surface area contributed by atoms with Gasteiger partial charge in [0.25, 0.3) is 0 Å². The zero-order valence-corrected chi connectivity index (χ0v) is 12.4. The van der Waals surface area contributed by atoms with Crippen molar-refractivity contribution in [1.82, 2.24) is 4.98 Å². The van der Waals surface area contributed by atoms with Crippen molar-refractivity contribution in [2.24, 2.45) is 0 Å². The molecular weight excluding hydrogens is 322 g/mol. The van der Waals surface area contributed by atoms with Crippen molar-refractivity contribution in [2.45, 2.75) is 6.92 Å². The summed E-state index contributed by atoms with van der Waals surface area (Å²) in [6.07, 6.45) is 0. The number of nitrogens with one attached hydrogen (secondary N) is 1. The van der Waals surface area contributed by atoms with Gasteiger partial charge in [-0.3, -0.25) is 0 Å². The van der Waals surface area contributed by atoms with Crippen molar-refractivity contribution in [3.05, 3.63) is 46.6 Å². The SMILES string of the molecule is CCOC(=O)c1cc2oc(-c3ccccc3)c(Br)c2[nH]1. The number of hydrogen-bond donors (Lipinski definition) is 1. The average Bonchev–Trinajstić information content (AvgIpc) is 3.00. The summed E-state index contributed by atoms with van der Waals surface area (Å²) in [5.74, 6) is 0.356. The molecule has 0 radical (unpaired) electrons. The Morgan fingerprint density at radius 3 is 2.75 bits per heavy atom. The maximum Gasteiger partial charge on any atom is 0.354 e. The maximum absolute atomic E-state index is 11.7. The van der Waals surface area contributed by atoms with Crippen LogP contribution in [0.3, 0.4) is 0 Å². The van der Waals surface area contributed by atoms with E-state index >= 15 is 0 Å². The molecule has 0 fully saturated rings. The molecule has 0 saturated carbocycles. The van der Waals surface area contributed by atoms with Gasteiger partial charge in [-0.2, -0.15) is 0 Å². The lowest BCUT2D eigenvalue weighted by molar-refractivity contribution is 0.0520. The summed E-state index contributed by atoms with van der Waals surface area (Å²) in [5, 5.41) is 0. The molecule has 0 atom stereocenters. The highest BCUT2D eigenvalue weighted by molar-refractivity contribution is 9.10. The Hall–Kier alpha value is -2.01. The second-order valence-electron chi connectivity index (χ2n) is 4.25. The Morgan fingerprint density at radius 2 is 2.10 bits per heavy atom. The number of carbonyl (C=O) groups excluding carboxylic acids is 1. The number of esters is 1. The summed E-state index contributed by atoms with van der Waals surface area (Å²) in [5.41, 5.74) is 2.74. The van der Waals surface area contributed by atoms with Crippen LogP contribution in [0.2, 0.25) is 0 Å². The third-order valence-electron chi connectivity index (χ3n) is 2.94. The fraction of sp³-hybridized carbons (Fsp3) is 0.133. The molecule has 0 aliphatic carbocycles. The molecule has 0 spiro atoms. The molecule has 0 unspecified atom stereocenters. The minimum atomic E-state index is -0.382. The number of benzene rings is 1. The number of hydrogen-bond acceptors (Lipinski definition) is 3. The van der Waals surface area contributed by atoms with E-state index in [1.54, 1.807) is 13.0 Å². The van der Waals surface area contributed by atoms with Crippen LogP contribution in [0, 0.1) is 0 Å². The van der Waals surface area contributed by atoms with Crippen LogP contribution in [0.1, 0.15) is 17.4 Å². The van der Waals surface area contributed by atoms with Gasteiger partial charge in [-0.15, -0.1) is 0 Å². The summed E-state index contributed by atoms with van der Waals surface area (Å²) >= 11 is 3.51. The molecule has 20 heavy (non-hydrogen) atoms. The molecule has 0 aliphatic heterocycles. The minimum Gasteiger partial charge on any atom is -0.461 e. The minimum absolute atomic E-state index is 0.343. The van der Waals surface area contributed by atoms with Gasteiger partial charge in [-0.1, -0.05) is 30.3 Å². The third-order valence-corrected chi connectivity index (χ3v) is 3.70. The van der Waals surface area contributed by atoms with Crippen molar-refractivity contribution >= 4 is 33.0 Å². The van der Waals surface area contributed by atoms with Gasteiger partial charge in [0.05, 0.1) is 11.1 Å². The molecule has 0 bridgehead atoms. The van der Waals surface area contributed by atoms with E-state index < -0.39 is 0 Å². The number of carbonyl (C=O) groups is 1. The van der Waals surface area contributed by atoms with E-state index in [0.717, 1.165) is 21.3 Å². The molecule has 4 nitrogen and oxygen atoms in total. The molecular formula is C15H12BrNO3. The second kappa shape index (κ2) is 5.17. The number of H-pyrrole nitrogens is 1. The standard InChI is InChI=1S/C15H12BrNO3/c1-2-19-15(18)10-8-11-13(17-10)12(16)14(20-11)9-6-4-3-5-7-9/h3-8,17H,2H2,1H3. The van der Waals surface area contributed by atoms with Gasteiger partial charge < -0.3 is 14.1 Å². The molecule has 3 aromatic rings. The van der Waals surface area contributed by atoms with Crippen LogP contribution in [-0.2, 0) is 4.74 Å². The van der Waals surface area contributed by atoms with Crippen LogP contribution in [0.15, 0.2) is 45.3 Å². The van der Waals surface area contributed by atoms with Crippen LogP contribution in [0.5, 0.6) is 0 Å². The van der Waals surface area contributed by atoms with Crippen LogP contribution in [0.25, 0.3) is 22.4 Å². The fourth-order valence-electron chi connectivity index (χ4n) is 2.04. The van der Waals surface area contributed by atoms with E-state index in [-0.39, 0.29) is 5.97 Å². The van der Waals surface area contributed by atoms with Crippen LogP contribution in [-0.4, -0.2) is 17.6 Å². The summed E-state index contributed by atoms with van der Waals surface area (Å²) in [7, 11) is 0. The smallest absolute Gasteiger partial charge is 0.354 e. The normalized spacial score (nSPS) is 10.9. The Morgan fingerprint density at radius 1 is 1.35 bits per heavy atom. The molecule has 1 N–H and O–H groups in total. The predicted octanol–water partition coefficient (Wildman–Crippen LogP) is 4.37. The van der Waals surface area contributed by atoms with E-state index in [9.17, 15) is 4.79 Å². The van der Waals surface area contributed by atoms with Crippen molar-refractivity contribution in [3.63, 3.8) is 0 Å². The maximum atomic E-state index is 11.7. The summed E-state index contributed by atoms with van der Waals surface area (Å²) in [6, 6.07) is 11.4. The zero-order chi connectivity index (χ0) is 14.1. The number of furan rings is 1. The van der Waals surface area contributed by atoms with Gasteiger partial charge >= 0.3 is 5.97 Å². The van der Waals surface area contributed by atoms with E-state index in [4.69, 9.17) is 9.15 Å². The average molecular weight is 334 g/mol. The first-order valence-electron chi connectivity index (χ1n) is 6.24. The first-order chi connectivity index (χ1) is 9.70. The first-order valence-corrected chi connectivity index (χ1v) is 7.03. The van der Waals surface area contributed by atoms with Gasteiger partial charge in [0, 0.05) is 11.6 Å². The predicted molar refractivity (Wildman–Crippen MR) is 79.7 cm³/mol. The molecule has 2 heterocycles. The van der Waals surface area contributed by atoms with Gasteiger partial charge in [0.2, 0.25) is 0 Å². The molecule has 0 aliphatic rings. The van der Waals surface area contributed by atoms with Crippen LogP contribution < -0.4 is 0 Å². The highest BCUT2D eigenvalue weighted by Gasteiger charge is 2.19. The van der Waals surface area contributed by atoms with E-state index in [2.05, 4.69) is 20.9 Å². The largest absolute Gasteiger partial charge is 0.461 e.